The molecule has 1 fully saturated rings. The van der Waals surface area contributed by atoms with Crippen LogP contribution in [0.15, 0.2) is 23.2 Å². The molecule has 100 valence electrons. The lowest BCUT2D eigenvalue weighted by atomic mass is 10.1. The number of hydrogen-bond acceptors (Lipinski definition) is 5. The molecule has 0 atom stereocenters. The van der Waals surface area contributed by atoms with Gasteiger partial charge >= 0.3 is 0 Å². The average molecular weight is 270 g/mol. The molecule has 1 aromatic heterocycles. The number of nitrogen functional groups attached to an aromatic ring is 1. The Hall–Kier alpha value is -1.18. The van der Waals surface area contributed by atoms with Crippen LogP contribution < -0.4 is 16.0 Å². The van der Waals surface area contributed by atoms with Gasteiger partial charge in [0.05, 0.1) is 4.90 Å². The van der Waals surface area contributed by atoms with Crippen molar-refractivity contribution in [2.24, 2.45) is 11.8 Å². The average Bonchev–Trinajstić information content (AvgIpc) is 2.90. The maximum Gasteiger partial charge on any atom is 0.240 e. The molecule has 6 nitrogen and oxygen atoms in total. The zero-order chi connectivity index (χ0) is 13.0. The van der Waals surface area contributed by atoms with Gasteiger partial charge in [0.25, 0.3) is 0 Å². The van der Waals surface area contributed by atoms with Crippen molar-refractivity contribution in [2.75, 3.05) is 12.0 Å². The van der Waals surface area contributed by atoms with Crippen molar-refractivity contribution in [3.63, 3.8) is 0 Å². The third-order valence-electron chi connectivity index (χ3n) is 3.23. The van der Waals surface area contributed by atoms with Crippen molar-refractivity contribution in [3.05, 3.63) is 18.3 Å². The molecule has 0 amide bonds. The number of nitrogens with one attached hydrogen (secondary N) is 2. The van der Waals surface area contributed by atoms with Crippen LogP contribution in [-0.2, 0) is 10.0 Å². The maximum atomic E-state index is 12.0. The van der Waals surface area contributed by atoms with Crippen LogP contribution in [-0.4, -0.2) is 19.9 Å². The summed E-state index contributed by atoms with van der Waals surface area (Å²) in [7, 11) is -3.47. The Morgan fingerprint density at radius 3 is 2.78 bits per heavy atom. The fraction of sp³-hybridized carbons (Fsp3) is 0.545. The van der Waals surface area contributed by atoms with Crippen LogP contribution in [0.2, 0.25) is 0 Å². The molecule has 0 aliphatic heterocycles. The molecule has 2 rings (SSSR count). The lowest BCUT2D eigenvalue weighted by Gasteiger charge is -2.11. The highest BCUT2D eigenvalue weighted by molar-refractivity contribution is 7.89. The third kappa shape index (κ3) is 3.18. The van der Waals surface area contributed by atoms with Gasteiger partial charge in [-0.3, -0.25) is 0 Å². The van der Waals surface area contributed by atoms with Crippen LogP contribution in [0.4, 0.5) is 5.82 Å². The minimum atomic E-state index is -3.47. The quantitative estimate of drug-likeness (QED) is 0.544. The summed E-state index contributed by atoms with van der Waals surface area (Å²) in [5, 5.41) is 0. The minimum absolute atomic E-state index is 0.184. The largest absolute Gasteiger partial charge is 0.308 e. The van der Waals surface area contributed by atoms with Gasteiger partial charge in [0, 0.05) is 18.8 Å². The van der Waals surface area contributed by atoms with Gasteiger partial charge in [-0.2, -0.15) is 0 Å². The van der Waals surface area contributed by atoms with Gasteiger partial charge in [0.2, 0.25) is 10.0 Å². The topological polar surface area (TPSA) is 97.1 Å². The number of nitrogens with zero attached hydrogens (tertiary/aromatic N) is 1. The Morgan fingerprint density at radius 2 is 2.11 bits per heavy atom. The van der Waals surface area contributed by atoms with Gasteiger partial charge in [-0.05, 0) is 24.8 Å². The number of hydrazine groups is 1. The molecule has 0 unspecified atom stereocenters. The predicted octanol–water partition coefficient (Wildman–Crippen LogP) is 0.836. The summed E-state index contributed by atoms with van der Waals surface area (Å²) in [6, 6.07) is 2.87. The first kappa shape index (κ1) is 13.3. The zero-order valence-corrected chi connectivity index (χ0v) is 10.9. The Kier molecular flexibility index (Phi) is 4.15. The molecule has 4 N–H and O–H groups in total. The second-order valence-electron chi connectivity index (χ2n) is 4.52. The van der Waals surface area contributed by atoms with E-state index in [-0.39, 0.29) is 4.90 Å². The van der Waals surface area contributed by atoms with Crippen LogP contribution >= 0.6 is 0 Å². The van der Waals surface area contributed by atoms with E-state index in [0.29, 0.717) is 18.3 Å². The molecule has 18 heavy (non-hydrogen) atoms. The number of pyridine rings is 1. The summed E-state index contributed by atoms with van der Waals surface area (Å²) in [4.78, 5) is 4.06. The lowest BCUT2D eigenvalue weighted by molar-refractivity contribution is 0.519. The van der Waals surface area contributed by atoms with Crippen molar-refractivity contribution in [2.45, 2.75) is 30.6 Å². The van der Waals surface area contributed by atoms with Crippen molar-refractivity contribution in [1.29, 1.82) is 0 Å². The Labute approximate surface area is 107 Å². The summed E-state index contributed by atoms with van der Waals surface area (Å²) in [5.74, 6) is 6.01. The number of hydrogen-bond donors (Lipinski definition) is 3. The van der Waals surface area contributed by atoms with Gasteiger partial charge in [0.15, 0.2) is 0 Å². The Balaban J connectivity index is 2.04. The first-order valence-corrected chi connectivity index (χ1v) is 7.52. The van der Waals surface area contributed by atoms with Crippen molar-refractivity contribution >= 4 is 15.8 Å². The van der Waals surface area contributed by atoms with E-state index < -0.39 is 10.0 Å². The number of rotatable bonds is 5. The Morgan fingerprint density at radius 1 is 1.39 bits per heavy atom. The van der Waals surface area contributed by atoms with E-state index >= 15 is 0 Å². The van der Waals surface area contributed by atoms with Crippen molar-refractivity contribution in [3.8, 4) is 0 Å². The molecule has 1 aliphatic carbocycles. The van der Waals surface area contributed by atoms with E-state index in [1.165, 1.54) is 31.2 Å². The van der Waals surface area contributed by atoms with Gasteiger partial charge in [-0.1, -0.05) is 12.8 Å². The van der Waals surface area contributed by atoms with Crippen molar-refractivity contribution in [1.82, 2.24) is 9.71 Å². The van der Waals surface area contributed by atoms with Crippen LogP contribution in [0.5, 0.6) is 0 Å². The van der Waals surface area contributed by atoms with E-state index in [9.17, 15) is 8.42 Å². The standard InChI is InChI=1S/C11H18N4O2S/c12-15-11-7-10(5-6-13-11)18(16,17)14-8-9-3-1-2-4-9/h5-7,9,14H,1-4,8,12H2,(H,13,15). The monoisotopic (exact) mass is 270 g/mol. The van der Waals surface area contributed by atoms with Crippen LogP contribution in [0.1, 0.15) is 25.7 Å². The van der Waals surface area contributed by atoms with E-state index in [1.807, 2.05) is 0 Å². The first-order chi connectivity index (χ1) is 8.62. The predicted molar refractivity (Wildman–Crippen MR) is 69.2 cm³/mol. The molecule has 1 aromatic rings. The molecule has 0 saturated heterocycles. The number of anilines is 1. The van der Waals surface area contributed by atoms with E-state index in [1.54, 1.807) is 0 Å². The Bertz CT molecular complexity index is 498. The maximum absolute atomic E-state index is 12.0. The molecule has 0 aromatic carbocycles. The summed E-state index contributed by atoms with van der Waals surface area (Å²) in [6.07, 6.45) is 6.02. The number of sulfonamides is 1. The zero-order valence-electron chi connectivity index (χ0n) is 10.1. The summed E-state index contributed by atoms with van der Waals surface area (Å²) in [6.45, 7) is 0.510. The molecular formula is C11H18N4O2S. The fourth-order valence-electron chi connectivity index (χ4n) is 2.18. The number of aromatic nitrogens is 1. The van der Waals surface area contributed by atoms with Crippen LogP contribution in [0, 0.1) is 5.92 Å². The van der Waals surface area contributed by atoms with Crippen LogP contribution in [0.25, 0.3) is 0 Å². The van der Waals surface area contributed by atoms with E-state index in [0.717, 1.165) is 12.8 Å². The molecule has 1 heterocycles. The second kappa shape index (κ2) is 5.64. The fourth-order valence-corrected chi connectivity index (χ4v) is 3.31. The lowest BCUT2D eigenvalue weighted by Crippen LogP contribution is -2.28. The molecule has 0 spiro atoms. The SMILES string of the molecule is NNc1cc(S(=O)(=O)NCC2CCCC2)ccn1. The summed E-state index contributed by atoms with van der Waals surface area (Å²) < 4.78 is 26.7. The third-order valence-corrected chi connectivity index (χ3v) is 4.65. The van der Waals surface area contributed by atoms with Gasteiger partial charge in [0.1, 0.15) is 5.82 Å². The van der Waals surface area contributed by atoms with Crippen molar-refractivity contribution < 1.29 is 8.42 Å². The summed E-state index contributed by atoms with van der Waals surface area (Å²) >= 11 is 0. The van der Waals surface area contributed by atoms with Crippen LogP contribution in [0.3, 0.4) is 0 Å². The summed E-state index contributed by atoms with van der Waals surface area (Å²) in [5.41, 5.74) is 2.33. The first-order valence-electron chi connectivity index (χ1n) is 6.04. The molecule has 0 radical (unpaired) electrons. The van der Waals surface area contributed by atoms with Gasteiger partial charge < -0.3 is 5.43 Å². The van der Waals surface area contributed by atoms with Gasteiger partial charge in [-0.25, -0.2) is 24.0 Å². The smallest absolute Gasteiger partial charge is 0.240 e. The molecule has 7 heteroatoms. The normalized spacial score (nSPS) is 16.9. The second-order valence-corrected chi connectivity index (χ2v) is 6.29. The highest BCUT2D eigenvalue weighted by Gasteiger charge is 2.19. The highest BCUT2D eigenvalue weighted by atomic mass is 32.2. The van der Waals surface area contributed by atoms with E-state index in [4.69, 9.17) is 5.84 Å². The number of nitrogens with two attached hydrogens (primary N) is 1. The molecule has 1 aliphatic rings. The molecular weight excluding hydrogens is 252 g/mol. The van der Waals surface area contributed by atoms with Gasteiger partial charge in [-0.15, -0.1) is 0 Å². The van der Waals surface area contributed by atoms with E-state index in [2.05, 4.69) is 15.1 Å². The minimum Gasteiger partial charge on any atom is -0.308 e. The molecule has 0 bridgehead atoms. The highest BCUT2D eigenvalue weighted by Crippen LogP contribution is 2.24. The molecule has 1 saturated carbocycles.